The number of amides is 3. The Labute approximate surface area is 197 Å². The van der Waals surface area contributed by atoms with Gasteiger partial charge in [-0.05, 0) is 68.5 Å². The number of benzene rings is 2. The minimum atomic E-state index is -0.708. The fourth-order valence-electron chi connectivity index (χ4n) is 4.62. The lowest BCUT2D eigenvalue weighted by Gasteiger charge is -2.25. The van der Waals surface area contributed by atoms with Gasteiger partial charge in [0.1, 0.15) is 0 Å². The fourth-order valence-corrected chi connectivity index (χ4v) is 4.62. The second kappa shape index (κ2) is 9.59. The standard InChI is InChI=1S/C26H26N2O6/c1-15-6-11-21-22(12-15)25(32)28(24(21)31)20-9-7-17(8-10-20)26(33)34-14-23(30)27-19-5-3-4-18(13-19)16(2)29/h3-5,7-10,13,15,21-22H,6,11-12,14H2,1-2H3,(H,27,30)/t15-,21-,22-/m1/s1. The number of hydrogen-bond donors (Lipinski definition) is 1. The third kappa shape index (κ3) is 4.76. The highest BCUT2D eigenvalue weighted by molar-refractivity contribution is 6.22. The number of carbonyl (C=O) groups is 5. The normalized spacial score (nSPS) is 21.7. The van der Waals surface area contributed by atoms with Crippen LogP contribution < -0.4 is 10.2 Å². The van der Waals surface area contributed by atoms with Gasteiger partial charge in [-0.2, -0.15) is 0 Å². The molecule has 0 spiro atoms. The van der Waals surface area contributed by atoms with Crippen molar-refractivity contribution in [3.8, 4) is 0 Å². The molecule has 0 radical (unpaired) electrons. The van der Waals surface area contributed by atoms with Crippen molar-refractivity contribution in [1.29, 1.82) is 0 Å². The monoisotopic (exact) mass is 462 g/mol. The van der Waals surface area contributed by atoms with Gasteiger partial charge in [0, 0.05) is 11.3 Å². The average molecular weight is 463 g/mol. The number of rotatable bonds is 6. The SMILES string of the molecule is CC(=O)c1cccc(NC(=O)COC(=O)c2ccc(N3C(=O)[C@@H]4CC[C@@H](C)C[C@H]4C3=O)cc2)c1. The third-order valence-electron chi connectivity index (χ3n) is 6.44. The number of ether oxygens (including phenoxy) is 1. The maximum Gasteiger partial charge on any atom is 0.338 e. The van der Waals surface area contributed by atoms with E-state index in [2.05, 4.69) is 12.2 Å². The van der Waals surface area contributed by atoms with Gasteiger partial charge in [0.2, 0.25) is 11.8 Å². The van der Waals surface area contributed by atoms with Gasteiger partial charge in [-0.3, -0.25) is 24.1 Å². The molecule has 8 nitrogen and oxygen atoms in total. The molecule has 3 amide bonds. The van der Waals surface area contributed by atoms with Crippen molar-refractivity contribution in [2.75, 3.05) is 16.8 Å². The summed E-state index contributed by atoms with van der Waals surface area (Å²) in [7, 11) is 0. The second-order valence-electron chi connectivity index (χ2n) is 8.95. The Bertz CT molecular complexity index is 1160. The van der Waals surface area contributed by atoms with Crippen LogP contribution in [0.15, 0.2) is 48.5 Å². The zero-order chi connectivity index (χ0) is 24.4. The van der Waals surface area contributed by atoms with Crippen molar-refractivity contribution in [3.05, 3.63) is 59.7 Å². The molecule has 34 heavy (non-hydrogen) atoms. The molecule has 8 heteroatoms. The molecule has 3 atom stereocenters. The summed E-state index contributed by atoms with van der Waals surface area (Å²) in [4.78, 5) is 62.8. The summed E-state index contributed by atoms with van der Waals surface area (Å²) in [6.07, 6.45) is 2.38. The first-order valence-electron chi connectivity index (χ1n) is 11.3. The minimum absolute atomic E-state index is 0.128. The average Bonchev–Trinajstić information content (AvgIpc) is 3.07. The molecule has 1 N–H and O–H groups in total. The van der Waals surface area contributed by atoms with Crippen LogP contribution in [-0.4, -0.2) is 36.1 Å². The van der Waals surface area contributed by atoms with E-state index in [4.69, 9.17) is 4.74 Å². The van der Waals surface area contributed by atoms with Gasteiger partial charge < -0.3 is 10.1 Å². The minimum Gasteiger partial charge on any atom is -0.452 e. The van der Waals surface area contributed by atoms with Gasteiger partial charge in [-0.25, -0.2) is 4.79 Å². The van der Waals surface area contributed by atoms with E-state index in [0.29, 0.717) is 22.9 Å². The Kier molecular flexibility index (Phi) is 6.58. The molecule has 0 bridgehead atoms. The topological polar surface area (TPSA) is 110 Å². The van der Waals surface area contributed by atoms with E-state index < -0.39 is 18.5 Å². The summed E-state index contributed by atoms with van der Waals surface area (Å²) < 4.78 is 5.07. The van der Waals surface area contributed by atoms with Crippen molar-refractivity contribution in [2.24, 2.45) is 17.8 Å². The molecule has 4 rings (SSSR count). The van der Waals surface area contributed by atoms with E-state index in [1.165, 1.54) is 24.0 Å². The molecule has 2 aromatic rings. The summed E-state index contributed by atoms with van der Waals surface area (Å²) in [5.74, 6) is -1.85. The number of nitrogens with zero attached hydrogens (tertiary/aromatic N) is 1. The first kappa shape index (κ1) is 23.4. The number of fused-ring (bicyclic) bond motifs is 1. The van der Waals surface area contributed by atoms with Crippen LogP contribution in [0.3, 0.4) is 0 Å². The number of hydrogen-bond acceptors (Lipinski definition) is 6. The first-order chi connectivity index (χ1) is 16.2. The van der Waals surface area contributed by atoms with Crippen molar-refractivity contribution in [1.82, 2.24) is 0 Å². The van der Waals surface area contributed by atoms with Gasteiger partial charge in [0.25, 0.3) is 5.91 Å². The van der Waals surface area contributed by atoms with Crippen molar-refractivity contribution in [3.63, 3.8) is 0 Å². The van der Waals surface area contributed by atoms with Gasteiger partial charge in [0.05, 0.1) is 23.1 Å². The van der Waals surface area contributed by atoms with Crippen LogP contribution in [0.25, 0.3) is 0 Å². The molecule has 1 aliphatic carbocycles. The maximum atomic E-state index is 12.9. The summed E-state index contributed by atoms with van der Waals surface area (Å²) in [5.41, 5.74) is 1.50. The van der Waals surface area contributed by atoms with Gasteiger partial charge in [-0.1, -0.05) is 19.1 Å². The van der Waals surface area contributed by atoms with Crippen LogP contribution in [0.5, 0.6) is 0 Å². The quantitative estimate of drug-likeness (QED) is 0.399. The van der Waals surface area contributed by atoms with Crippen LogP contribution in [0.2, 0.25) is 0 Å². The van der Waals surface area contributed by atoms with E-state index in [1.807, 2.05) is 0 Å². The molecule has 0 aromatic heterocycles. The molecule has 1 saturated carbocycles. The van der Waals surface area contributed by atoms with Crippen LogP contribution >= 0.6 is 0 Å². The Morgan fingerprint density at radius 2 is 1.68 bits per heavy atom. The zero-order valence-corrected chi connectivity index (χ0v) is 19.1. The van der Waals surface area contributed by atoms with Gasteiger partial charge in [0.15, 0.2) is 12.4 Å². The highest BCUT2D eigenvalue weighted by Crippen LogP contribution is 2.42. The number of anilines is 2. The predicted molar refractivity (Wildman–Crippen MR) is 124 cm³/mol. The number of esters is 1. The summed E-state index contributed by atoms with van der Waals surface area (Å²) in [6.45, 7) is 3.02. The summed E-state index contributed by atoms with van der Waals surface area (Å²) in [5, 5.41) is 2.58. The zero-order valence-electron chi connectivity index (χ0n) is 19.1. The predicted octanol–water partition coefficient (Wildman–Crippen LogP) is 3.61. The second-order valence-corrected chi connectivity index (χ2v) is 8.95. The molecule has 2 aliphatic rings. The lowest BCUT2D eigenvalue weighted by Crippen LogP contribution is -2.30. The molecular weight excluding hydrogens is 436 g/mol. The Morgan fingerprint density at radius 1 is 0.971 bits per heavy atom. The highest BCUT2D eigenvalue weighted by Gasteiger charge is 2.49. The molecule has 0 unspecified atom stereocenters. The largest absolute Gasteiger partial charge is 0.452 e. The van der Waals surface area contributed by atoms with Crippen molar-refractivity contribution >= 4 is 40.8 Å². The van der Waals surface area contributed by atoms with E-state index >= 15 is 0 Å². The van der Waals surface area contributed by atoms with E-state index in [1.54, 1.807) is 36.4 Å². The van der Waals surface area contributed by atoms with Crippen molar-refractivity contribution < 1.29 is 28.7 Å². The van der Waals surface area contributed by atoms with Crippen molar-refractivity contribution in [2.45, 2.75) is 33.1 Å². The fraction of sp³-hybridized carbons (Fsp3) is 0.346. The number of carbonyl (C=O) groups excluding carboxylic acids is 5. The molecule has 1 aliphatic heterocycles. The van der Waals surface area contributed by atoms with Crippen LogP contribution in [0.1, 0.15) is 53.8 Å². The molecule has 2 aromatic carbocycles. The van der Waals surface area contributed by atoms with Crippen LogP contribution in [0.4, 0.5) is 11.4 Å². The number of nitrogens with one attached hydrogen (secondary N) is 1. The van der Waals surface area contributed by atoms with Gasteiger partial charge in [-0.15, -0.1) is 0 Å². The molecule has 2 fully saturated rings. The maximum absolute atomic E-state index is 12.9. The van der Waals surface area contributed by atoms with E-state index in [9.17, 15) is 24.0 Å². The summed E-state index contributed by atoms with van der Waals surface area (Å²) >= 11 is 0. The van der Waals surface area contributed by atoms with Crippen LogP contribution in [-0.2, 0) is 19.1 Å². The lowest BCUT2D eigenvalue weighted by molar-refractivity contribution is -0.122. The summed E-state index contributed by atoms with van der Waals surface area (Å²) in [6, 6.07) is 12.5. The third-order valence-corrected chi connectivity index (χ3v) is 6.44. The number of ketones is 1. The highest BCUT2D eigenvalue weighted by atomic mass is 16.5. The van der Waals surface area contributed by atoms with Gasteiger partial charge >= 0.3 is 5.97 Å². The molecular formula is C26H26N2O6. The Hall–Kier alpha value is -3.81. The first-order valence-corrected chi connectivity index (χ1v) is 11.3. The Balaban J connectivity index is 1.35. The van der Waals surface area contributed by atoms with Crippen LogP contribution in [0, 0.1) is 17.8 Å². The number of imide groups is 1. The molecule has 176 valence electrons. The van der Waals surface area contributed by atoms with E-state index in [0.717, 1.165) is 19.3 Å². The molecule has 1 heterocycles. The number of Topliss-reactive ketones (excluding diaryl/α,β-unsaturated/α-hetero) is 1. The molecule has 1 saturated heterocycles. The lowest BCUT2D eigenvalue weighted by atomic mass is 9.76. The smallest absolute Gasteiger partial charge is 0.338 e. The van der Waals surface area contributed by atoms with E-state index in [-0.39, 0.29) is 35.0 Å². The Morgan fingerprint density at radius 3 is 2.38 bits per heavy atom.